The van der Waals surface area contributed by atoms with Crippen molar-refractivity contribution in [3.05, 3.63) is 17.7 Å². The van der Waals surface area contributed by atoms with Crippen LogP contribution >= 0.6 is 0 Å². The van der Waals surface area contributed by atoms with Crippen LogP contribution in [0.5, 0.6) is 17.2 Å². The molecule has 0 aliphatic rings. The standard InChI is InChI=1S/C13H21NO5S/c1-6-20(15,16)14(2)9-10-7-11(17-3)13(19-5)12(8-10)18-4/h7-8H,6,9H2,1-5H3. The SMILES string of the molecule is CCS(=O)(=O)N(C)Cc1cc(OC)c(OC)c(OC)c1. The van der Waals surface area contributed by atoms with Gasteiger partial charge in [0.05, 0.1) is 27.1 Å². The Hall–Kier alpha value is -1.47. The molecule has 0 spiro atoms. The lowest BCUT2D eigenvalue weighted by atomic mass is 10.2. The second-order valence-corrected chi connectivity index (χ2v) is 6.55. The number of benzene rings is 1. The van der Waals surface area contributed by atoms with E-state index in [2.05, 4.69) is 0 Å². The third kappa shape index (κ3) is 3.55. The lowest BCUT2D eigenvalue weighted by molar-refractivity contribution is 0.323. The van der Waals surface area contributed by atoms with Crippen LogP contribution in [0.2, 0.25) is 0 Å². The molecule has 0 unspecified atom stereocenters. The fraction of sp³-hybridized carbons (Fsp3) is 0.538. The Bertz CT molecular complexity index is 531. The second-order valence-electron chi connectivity index (χ2n) is 4.19. The van der Waals surface area contributed by atoms with Crippen molar-refractivity contribution >= 4 is 10.0 Å². The molecule has 20 heavy (non-hydrogen) atoms. The molecule has 0 aromatic heterocycles. The van der Waals surface area contributed by atoms with Crippen LogP contribution in [0.15, 0.2) is 12.1 Å². The van der Waals surface area contributed by atoms with Gasteiger partial charge in [-0.1, -0.05) is 0 Å². The van der Waals surface area contributed by atoms with Crippen molar-refractivity contribution in [3.63, 3.8) is 0 Å². The van der Waals surface area contributed by atoms with Gasteiger partial charge < -0.3 is 14.2 Å². The van der Waals surface area contributed by atoms with Crippen molar-refractivity contribution in [3.8, 4) is 17.2 Å². The van der Waals surface area contributed by atoms with Gasteiger partial charge in [0.2, 0.25) is 15.8 Å². The molecule has 0 amide bonds. The smallest absolute Gasteiger partial charge is 0.213 e. The van der Waals surface area contributed by atoms with Crippen molar-refractivity contribution < 1.29 is 22.6 Å². The highest BCUT2D eigenvalue weighted by molar-refractivity contribution is 7.89. The molecule has 0 radical (unpaired) electrons. The second kappa shape index (κ2) is 6.81. The highest BCUT2D eigenvalue weighted by Gasteiger charge is 2.18. The van der Waals surface area contributed by atoms with Crippen LogP contribution in [0.3, 0.4) is 0 Å². The third-order valence-electron chi connectivity index (χ3n) is 2.97. The number of methoxy groups -OCH3 is 3. The minimum Gasteiger partial charge on any atom is -0.493 e. The molecule has 0 aliphatic carbocycles. The quantitative estimate of drug-likeness (QED) is 0.763. The van der Waals surface area contributed by atoms with Crippen LogP contribution in [-0.2, 0) is 16.6 Å². The molecular formula is C13H21NO5S. The predicted molar refractivity (Wildman–Crippen MR) is 77.0 cm³/mol. The van der Waals surface area contributed by atoms with E-state index in [1.165, 1.54) is 25.6 Å². The highest BCUT2D eigenvalue weighted by Crippen LogP contribution is 2.38. The van der Waals surface area contributed by atoms with Gasteiger partial charge in [0.25, 0.3) is 0 Å². The van der Waals surface area contributed by atoms with E-state index in [0.29, 0.717) is 17.2 Å². The van der Waals surface area contributed by atoms with Crippen molar-refractivity contribution in [2.75, 3.05) is 34.1 Å². The van der Waals surface area contributed by atoms with Gasteiger partial charge >= 0.3 is 0 Å². The number of nitrogens with zero attached hydrogens (tertiary/aromatic N) is 1. The molecule has 0 heterocycles. The van der Waals surface area contributed by atoms with Crippen molar-refractivity contribution in [1.29, 1.82) is 0 Å². The molecule has 7 heteroatoms. The van der Waals surface area contributed by atoms with Crippen LogP contribution in [0.25, 0.3) is 0 Å². The first-order chi connectivity index (χ1) is 9.39. The highest BCUT2D eigenvalue weighted by atomic mass is 32.2. The van der Waals surface area contributed by atoms with E-state index in [9.17, 15) is 8.42 Å². The molecule has 114 valence electrons. The molecule has 0 saturated carbocycles. The van der Waals surface area contributed by atoms with E-state index < -0.39 is 10.0 Å². The molecule has 1 rings (SSSR count). The van der Waals surface area contributed by atoms with Gasteiger partial charge in [-0.15, -0.1) is 0 Å². The number of rotatable bonds is 7. The molecule has 0 bridgehead atoms. The summed E-state index contributed by atoms with van der Waals surface area (Å²) in [5.41, 5.74) is 0.763. The van der Waals surface area contributed by atoms with Crippen molar-refractivity contribution in [1.82, 2.24) is 4.31 Å². The van der Waals surface area contributed by atoms with E-state index in [1.54, 1.807) is 26.1 Å². The number of ether oxygens (including phenoxy) is 3. The largest absolute Gasteiger partial charge is 0.493 e. The monoisotopic (exact) mass is 303 g/mol. The van der Waals surface area contributed by atoms with E-state index in [-0.39, 0.29) is 12.3 Å². The zero-order valence-corrected chi connectivity index (χ0v) is 13.3. The fourth-order valence-electron chi connectivity index (χ4n) is 1.80. The van der Waals surface area contributed by atoms with Gasteiger partial charge in [0, 0.05) is 13.6 Å². The average molecular weight is 303 g/mol. The van der Waals surface area contributed by atoms with E-state index in [0.717, 1.165) is 5.56 Å². The van der Waals surface area contributed by atoms with Gasteiger partial charge in [0.1, 0.15) is 0 Å². The summed E-state index contributed by atoms with van der Waals surface area (Å²) in [6.45, 7) is 1.86. The summed E-state index contributed by atoms with van der Waals surface area (Å²) >= 11 is 0. The van der Waals surface area contributed by atoms with Gasteiger partial charge in [0.15, 0.2) is 11.5 Å². The van der Waals surface area contributed by atoms with Gasteiger partial charge in [-0.2, -0.15) is 0 Å². The maximum Gasteiger partial charge on any atom is 0.213 e. The van der Waals surface area contributed by atoms with Crippen LogP contribution < -0.4 is 14.2 Å². The normalized spacial score (nSPS) is 11.5. The third-order valence-corrected chi connectivity index (χ3v) is 4.78. The topological polar surface area (TPSA) is 65.1 Å². The fourth-order valence-corrected chi connectivity index (χ4v) is 2.59. The number of hydrogen-bond donors (Lipinski definition) is 0. The molecule has 6 nitrogen and oxygen atoms in total. The maximum absolute atomic E-state index is 11.8. The summed E-state index contributed by atoms with van der Waals surface area (Å²) in [6, 6.07) is 3.48. The predicted octanol–water partition coefficient (Wildman–Crippen LogP) is 1.49. The molecule has 0 aliphatic heterocycles. The first-order valence-corrected chi connectivity index (χ1v) is 7.73. The molecule has 0 N–H and O–H groups in total. The Morgan fingerprint density at radius 3 is 1.90 bits per heavy atom. The Kier molecular flexibility index (Phi) is 5.64. The molecule has 1 aromatic rings. The zero-order chi connectivity index (χ0) is 15.3. The molecule has 0 fully saturated rings. The van der Waals surface area contributed by atoms with Gasteiger partial charge in [-0.05, 0) is 24.6 Å². The molecule has 0 atom stereocenters. The summed E-state index contributed by atoms with van der Waals surface area (Å²) in [7, 11) is 2.88. The maximum atomic E-state index is 11.8. The Morgan fingerprint density at radius 2 is 1.55 bits per heavy atom. The Morgan fingerprint density at radius 1 is 1.05 bits per heavy atom. The number of hydrogen-bond acceptors (Lipinski definition) is 5. The lowest BCUT2D eigenvalue weighted by Gasteiger charge is -2.18. The molecule has 0 saturated heterocycles. The van der Waals surface area contributed by atoms with Gasteiger partial charge in [-0.25, -0.2) is 12.7 Å². The summed E-state index contributed by atoms with van der Waals surface area (Å²) in [5, 5.41) is 0. The molecule has 1 aromatic carbocycles. The number of sulfonamides is 1. The Balaban J connectivity index is 3.14. The van der Waals surface area contributed by atoms with Crippen molar-refractivity contribution in [2.24, 2.45) is 0 Å². The van der Waals surface area contributed by atoms with E-state index in [4.69, 9.17) is 14.2 Å². The first-order valence-electron chi connectivity index (χ1n) is 6.12. The summed E-state index contributed by atoms with van der Waals surface area (Å²) in [4.78, 5) is 0. The minimum atomic E-state index is -3.23. The lowest BCUT2D eigenvalue weighted by Crippen LogP contribution is -2.27. The first kappa shape index (κ1) is 16.6. The summed E-state index contributed by atoms with van der Waals surface area (Å²) in [5.74, 6) is 1.56. The van der Waals surface area contributed by atoms with Crippen LogP contribution in [0.1, 0.15) is 12.5 Å². The average Bonchev–Trinajstić information content (AvgIpc) is 2.45. The van der Waals surface area contributed by atoms with Gasteiger partial charge in [-0.3, -0.25) is 0 Å². The minimum absolute atomic E-state index is 0.0634. The zero-order valence-electron chi connectivity index (χ0n) is 12.5. The molecular weight excluding hydrogens is 282 g/mol. The summed E-state index contributed by atoms with van der Waals surface area (Å²) in [6.07, 6.45) is 0. The van der Waals surface area contributed by atoms with E-state index >= 15 is 0 Å². The van der Waals surface area contributed by atoms with Crippen LogP contribution in [0.4, 0.5) is 0 Å². The van der Waals surface area contributed by atoms with Crippen LogP contribution in [0, 0.1) is 0 Å². The van der Waals surface area contributed by atoms with E-state index in [1.807, 2.05) is 0 Å². The summed E-state index contributed by atoms with van der Waals surface area (Å²) < 4.78 is 40.6. The van der Waals surface area contributed by atoms with Crippen molar-refractivity contribution in [2.45, 2.75) is 13.5 Å². The Labute approximate surface area is 120 Å². The van der Waals surface area contributed by atoms with Crippen LogP contribution in [-0.4, -0.2) is 46.9 Å².